The highest BCUT2D eigenvalue weighted by Crippen LogP contribution is 2.46. The summed E-state index contributed by atoms with van der Waals surface area (Å²) < 4.78 is 22.3. The molecule has 7 heteroatoms. The summed E-state index contributed by atoms with van der Waals surface area (Å²) in [6, 6.07) is 14.0. The van der Waals surface area contributed by atoms with Gasteiger partial charge in [-0.05, 0) is 35.4 Å². The first-order valence-corrected chi connectivity index (χ1v) is 9.74. The largest absolute Gasteiger partial charge is 0.508 e. The number of methoxy groups -OCH3 is 1. The molecule has 160 valence electrons. The van der Waals surface area contributed by atoms with Gasteiger partial charge in [-0.3, -0.25) is 9.59 Å². The fraction of sp³-hybridized carbons (Fsp3) is 0.391. The maximum absolute atomic E-state index is 11.9. The number of aromatic hydroxyl groups is 1. The molecule has 0 aromatic heterocycles. The summed E-state index contributed by atoms with van der Waals surface area (Å²) in [5.74, 6) is -0.429. The van der Waals surface area contributed by atoms with Crippen LogP contribution in [-0.2, 0) is 23.8 Å². The van der Waals surface area contributed by atoms with Gasteiger partial charge in [0.25, 0.3) is 0 Å². The fourth-order valence-corrected chi connectivity index (χ4v) is 3.81. The predicted molar refractivity (Wildman–Crippen MR) is 108 cm³/mol. The number of phenolic OH excluding ortho intramolecular Hbond substituents is 1. The van der Waals surface area contributed by atoms with Crippen LogP contribution < -0.4 is 4.74 Å². The maximum atomic E-state index is 11.9. The van der Waals surface area contributed by atoms with Gasteiger partial charge in [-0.1, -0.05) is 24.3 Å². The van der Waals surface area contributed by atoms with Crippen molar-refractivity contribution in [3.05, 3.63) is 59.7 Å². The van der Waals surface area contributed by atoms with Crippen molar-refractivity contribution in [2.45, 2.75) is 26.1 Å². The fourth-order valence-electron chi connectivity index (χ4n) is 3.81. The minimum absolute atomic E-state index is 0.124. The van der Waals surface area contributed by atoms with Crippen LogP contribution in [0, 0.1) is 11.8 Å². The topological polar surface area (TPSA) is 91.3 Å². The Morgan fingerprint density at radius 2 is 1.73 bits per heavy atom. The Labute approximate surface area is 175 Å². The molecule has 1 heterocycles. The van der Waals surface area contributed by atoms with Crippen molar-refractivity contribution in [3.63, 3.8) is 0 Å². The van der Waals surface area contributed by atoms with Crippen LogP contribution in [0.15, 0.2) is 48.5 Å². The van der Waals surface area contributed by atoms with E-state index in [1.54, 1.807) is 43.5 Å². The molecule has 0 radical (unpaired) electrons. The van der Waals surface area contributed by atoms with E-state index in [4.69, 9.17) is 18.9 Å². The molecule has 2 aromatic rings. The standard InChI is InChI=1S/C23H26O7/c1-14(24)28-12-20-21(13-29-22(20)16-4-8-18(26)9-5-16)23(30-15(2)25)17-6-10-19(27-3)11-7-17/h4-11,20-23,26H,12-13H2,1-3H3/t20-,21?,22+,23-/m1/s1. The smallest absolute Gasteiger partial charge is 0.303 e. The molecule has 0 amide bonds. The second-order valence-electron chi connectivity index (χ2n) is 7.28. The van der Waals surface area contributed by atoms with Gasteiger partial charge in [-0.25, -0.2) is 0 Å². The zero-order valence-electron chi connectivity index (χ0n) is 17.2. The summed E-state index contributed by atoms with van der Waals surface area (Å²) in [6.07, 6.45) is -0.942. The highest BCUT2D eigenvalue weighted by atomic mass is 16.6. The van der Waals surface area contributed by atoms with Gasteiger partial charge in [0.05, 0.1) is 26.4 Å². The molecule has 1 N–H and O–H groups in total. The van der Waals surface area contributed by atoms with Gasteiger partial charge in [0.1, 0.15) is 17.6 Å². The van der Waals surface area contributed by atoms with E-state index in [0.29, 0.717) is 12.4 Å². The molecule has 1 saturated heterocycles. The minimum atomic E-state index is -0.573. The summed E-state index contributed by atoms with van der Waals surface area (Å²) in [4.78, 5) is 23.4. The van der Waals surface area contributed by atoms with Crippen molar-refractivity contribution in [3.8, 4) is 11.5 Å². The average molecular weight is 414 g/mol. The van der Waals surface area contributed by atoms with E-state index in [2.05, 4.69) is 0 Å². The molecule has 1 fully saturated rings. The molecule has 1 aliphatic rings. The van der Waals surface area contributed by atoms with Gasteiger partial charge in [-0.15, -0.1) is 0 Å². The van der Waals surface area contributed by atoms with Crippen LogP contribution in [-0.4, -0.2) is 37.4 Å². The van der Waals surface area contributed by atoms with E-state index in [1.165, 1.54) is 13.8 Å². The van der Waals surface area contributed by atoms with Crippen LogP contribution in [0.2, 0.25) is 0 Å². The molecule has 0 spiro atoms. The van der Waals surface area contributed by atoms with Gasteiger partial charge >= 0.3 is 11.9 Å². The van der Waals surface area contributed by atoms with Crippen LogP contribution in [0.25, 0.3) is 0 Å². The van der Waals surface area contributed by atoms with Gasteiger partial charge in [-0.2, -0.15) is 0 Å². The molecule has 4 atom stereocenters. The molecule has 1 aliphatic heterocycles. The summed E-state index contributed by atoms with van der Waals surface area (Å²) >= 11 is 0. The average Bonchev–Trinajstić information content (AvgIpc) is 3.14. The van der Waals surface area contributed by atoms with Crippen LogP contribution >= 0.6 is 0 Å². The predicted octanol–water partition coefficient (Wildman–Crippen LogP) is 3.57. The second-order valence-corrected chi connectivity index (χ2v) is 7.28. The summed E-state index contributed by atoms with van der Waals surface area (Å²) in [5.41, 5.74) is 1.66. The van der Waals surface area contributed by atoms with Crippen molar-refractivity contribution < 1.29 is 33.6 Å². The summed E-state index contributed by atoms with van der Waals surface area (Å²) in [7, 11) is 1.58. The Hall–Kier alpha value is -3.06. The van der Waals surface area contributed by atoms with Gasteiger partial charge < -0.3 is 24.1 Å². The first-order chi connectivity index (χ1) is 14.4. The van der Waals surface area contributed by atoms with Gasteiger partial charge in [0.15, 0.2) is 0 Å². The Bertz CT molecular complexity index is 860. The minimum Gasteiger partial charge on any atom is -0.508 e. The van der Waals surface area contributed by atoms with Crippen molar-refractivity contribution in [2.75, 3.05) is 20.3 Å². The van der Waals surface area contributed by atoms with Crippen molar-refractivity contribution in [1.82, 2.24) is 0 Å². The normalized spacial score (nSPS) is 21.6. The SMILES string of the molecule is COc1ccc([C@@H](OC(C)=O)C2CO[C@@H](c3ccc(O)cc3)[C@@H]2COC(C)=O)cc1. The first kappa shape index (κ1) is 21.6. The highest BCUT2D eigenvalue weighted by molar-refractivity contribution is 5.66. The highest BCUT2D eigenvalue weighted by Gasteiger charge is 2.44. The first-order valence-electron chi connectivity index (χ1n) is 9.74. The number of phenols is 1. The summed E-state index contributed by atoms with van der Waals surface area (Å²) in [6.45, 7) is 3.17. The lowest BCUT2D eigenvalue weighted by Crippen LogP contribution is -2.29. The van der Waals surface area contributed by atoms with E-state index in [0.717, 1.165) is 11.1 Å². The lowest BCUT2D eigenvalue weighted by Gasteiger charge is -2.29. The third kappa shape index (κ3) is 5.10. The van der Waals surface area contributed by atoms with Crippen molar-refractivity contribution in [2.24, 2.45) is 11.8 Å². The lowest BCUT2D eigenvalue weighted by molar-refractivity contribution is -0.152. The van der Waals surface area contributed by atoms with E-state index < -0.39 is 18.0 Å². The molecule has 2 aromatic carbocycles. The molecular formula is C23H26O7. The Morgan fingerprint density at radius 3 is 2.30 bits per heavy atom. The van der Waals surface area contributed by atoms with Crippen LogP contribution in [0.5, 0.6) is 11.5 Å². The van der Waals surface area contributed by atoms with E-state index in [-0.39, 0.29) is 30.3 Å². The molecule has 30 heavy (non-hydrogen) atoms. The van der Waals surface area contributed by atoms with Crippen LogP contribution in [0.1, 0.15) is 37.2 Å². The Balaban J connectivity index is 1.93. The molecule has 0 bridgehead atoms. The van der Waals surface area contributed by atoms with Crippen LogP contribution in [0.3, 0.4) is 0 Å². The molecule has 3 rings (SSSR count). The van der Waals surface area contributed by atoms with E-state index in [1.807, 2.05) is 12.1 Å². The lowest BCUT2D eigenvalue weighted by atomic mass is 9.82. The molecule has 7 nitrogen and oxygen atoms in total. The number of hydrogen-bond acceptors (Lipinski definition) is 7. The number of esters is 2. The molecule has 0 aliphatic carbocycles. The number of benzene rings is 2. The number of carbonyl (C=O) groups is 2. The van der Waals surface area contributed by atoms with E-state index in [9.17, 15) is 14.7 Å². The Kier molecular flexibility index (Phi) is 6.95. The maximum Gasteiger partial charge on any atom is 0.303 e. The molecule has 1 unspecified atom stereocenters. The second kappa shape index (κ2) is 9.63. The monoisotopic (exact) mass is 414 g/mol. The third-order valence-corrected chi connectivity index (χ3v) is 5.23. The van der Waals surface area contributed by atoms with Gasteiger partial charge in [0.2, 0.25) is 0 Å². The van der Waals surface area contributed by atoms with Crippen molar-refractivity contribution in [1.29, 1.82) is 0 Å². The van der Waals surface area contributed by atoms with E-state index >= 15 is 0 Å². The third-order valence-electron chi connectivity index (χ3n) is 5.23. The van der Waals surface area contributed by atoms with Crippen molar-refractivity contribution >= 4 is 11.9 Å². The van der Waals surface area contributed by atoms with Gasteiger partial charge in [0, 0.05) is 25.7 Å². The summed E-state index contributed by atoms with van der Waals surface area (Å²) in [5, 5.41) is 9.59. The number of carbonyl (C=O) groups excluding carboxylic acids is 2. The Morgan fingerprint density at radius 1 is 1.07 bits per heavy atom. The quantitative estimate of drug-likeness (QED) is 0.693. The zero-order valence-corrected chi connectivity index (χ0v) is 17.2. The molecule has 0 saturated carbocycles. The number of rotatable bonds is 7. The van der Waals surface area contributed by atoms with Crippen LogP contribution in [0.4, 0.5) is 0 Å². The molecular weight excluding hydrogens is 388 g/mol. The number of ether oxygens (including phenoxy) is 4. The zero-order chi connectivity index (χ0) is 21.7. The number of hydrogen-bond donors (Lipinski definition) is 1.